The number of nitrogens with zero attached hydrogens (tertiary/aromatic N) is 1. The van der Waals surface area contributed by atoms with Crippen molar-refractivity contribution in [3.8, 4) is 0 Å². The Morgan fingerprint density at radius 1 is 1.03 bits per heavy atom. The zero-order valence-corrected chi connectivity index (χ0v) is 19.5. The molecule has 0 bridgehead atoms. The molecule has 2 N–H and O–H groups in total. The van der Waals surface area contributed by atoms with E-state index in [4.69, 9.17) is 4.74 Å². The zero-order chi connectivity index (χ0) is 23.4. The summed E-state index contributed by atoms with van der Waals surface area (Å²) < 4.78 is 32.6. The van der Waals surface area contributed by atoms with Gasteiger partial charge in [0.15, 0.2) is 6.61 Å². The maximum atomic E-state index is 12.5. The summed E-state index contributed by atoms with van der Waals surface area (Å²) in [4.78, 5) is 27.1. The minimum absolute atomic E-state index is 0.00481. The minimum atomic E-state index is -3.69. The number of amides is 1. The fourth-order valence-corrected chi connectivity index (χ4v) is 5.12. The molecule has 0 aromatic heterocycles. The molecule has 8 nitrogen and oxygen atoms in total. The van der Waals surface area contributed by atoms with Gasteiger partial charge in [-0.1, -0.05) is 6.07 Å². The number of carbonyl (C=O) groups is 2. The van der Waals surface area contributed by atoms with Gasteiger partial charge in [0, 0.05) is 30.5 Å². The Kier molecular flexibility index (Phi) is 6.99. The number of rotatable bonds is 8. The van der Waals surface area contributed by atoms with Crippen molar-refractivity contribution in [3.63, 3.8) is 0 Å². The molecule has 0 unspecified atom stereocenters. The average molecular weight is 472 g/mol. The molecule has 1 aliphatic carbocycles. The van der Waals surface area contributed by atoms with Gasteiger partial charge in [-0.2, -0.15) is 0 Å². The van der Waals surface area contributed by atoms with Crippen molar-refractivity contribution >= 4 is 33.3 Å². The van der Waals surface area contributed by atoms with E-state index >= 15 is 0 Å². The summed E-state index contributed by atoms with van der Waals surface area (Å²) in [5.74, 6) is -1.21. The summed E-state index contributed by atoms with van der Waals surface area (Å²) in [5, 5.41) is 2.72. The van der Waals surface area contributed by atoms with Crippen molar-refractivity contribution in [2.24, 2.45) is 0 Å². The van der Waals surface area contributed by atoms with Gasteiger partial charge in [-0.05, 0) is 81.0 Å². The number of piperidine rings is 1. The predicted molar refractivity (Wildman–Crippen MR) is 126 cm³/mol. The van der Waals surface area contributed by atoms with Crippen molar-refractivity contribution in [3.05, 3.63) is 53.6 Å². The summed E-state index contributed by atoms with van der Waals surface area (Å²) in [7, 11) is -3.69. The normalized spacial score (nSPS) is 16.3. The molecule has 4 rings (SSSR count). The number of esters is 1. The van der Waals surface area contributed by atoms with E-state index in [9.17, 15) is 18.0 Å². The highest BCUT2D eigenvalue weighted by Crippen LogP contribution is 2.24. The SMILES string of the molecule is Cc1ccc(S(=O)(=O)NC2CC2)cc1C(=O)OCC(=O)Nc1ccc(N2CCCCC2)cc1. The highest BCUT2D eigenvalue weighted by molar-refractivity contribution is 7.89. The first-order chi connectivity index (χ1) is 15.8. The molecule has 33 heavy (non-hydrogen) atoms. The van der Waals surface area contributed by atoms with E-state index in [1.165, 1.54) is 31.4 Å². The molecule has 1 aliphatic heterocycles. The first-order valence-corrected chi connectivity index (χ1v) is 12.7. The minimum Gasteiger partial charge on any atom is -0.452 e. The second kappa shape index (κ2) is 9.93. The van der Waals surface area contributed by atoms with Crippen LogP contribution >= 0.6 is 0 Å². The van der Waals surface area contributed by atoms with E-state index in [2.05, 4.69) is 14.9 Å². The van der Waals surface area contributed by atoms with Gasteiger partial charge in [0.05, 0.1) is 10.5 Å². The molecule has 0 spiro atoms. The number of sulfonamides is 1. The van der Waals surface area contributed by atoms with Crippen molar-refractivity contribution < 1.29 is 22.7 Å². The lowest BCUT2D eigenvalue weighted by Crippen LogP contribution is -2.29. The van der Waals surface area contributed by atoms with Crippen molar-refractivity contribution in [1.29, 1.82) is 0 Å². The molecule has 0 radical (unpaired) electrons. The number of hydrogen-bond donors (Lipinski definition) is 2. The quantitative estimate of drug-likeness (QED) is 0.573. The summed E-state index contributed by atoms with van der Waals surface area (Å²) in [5.41, 5.74) is 2.43. The highest BCUT2D eigenvalue weighted by atomic mass is 32.2. The first-order valence-electron chi connectivity index (χ1n) is 11.3. The summed E-state index contributed by atoms with van der Waals surface area (Å²) in [6, 6.07) is 11.9. The van der Waals surface area contributed by atoms with Crippen LogP contribution in [0.3, 0.4) is 0 Å². The third kappa shape index (κ3) is 6.11. The molecule has 9 heteroatoms. The van der Waals surface area contributed by atoms with Gasteiger partial charge >= 0.3 is 5.97 Å². The predicted octanol–water partition coefficient (Wildman–Crippen LogP) is 3.22. The van der Waals surface area contributed by atoms with E-state index in [1.807, 2.05) is 24.3 Å². The lowest BCUT2D eigenvalue weighted by molar-refractivity contribution is -0.119. The molecule has 0 atom stereocenters. The van der Waals surface area contributed by atoms with Crippen molar-refractivity contribution in [1.82, 2.24) is 4.72 Å². The molecule has 2 aromatic rings. The van der Waals surface area contributed by atoms with E-state index in [-0.39, 0.29) is 16.5 Å². The Balaban J connectivity index is 1.32. The monoisotopic (exact) mass is 471 g/mol. The van der Waals surface area contributed by atoms with Crippen LogP contribution in [0.5, 0.6) is 0 Å². The number of anilines is 2. The number of nitrogens with one attached hydrogen (secondary N) is 2. The Morgan fingerprint density at radius 2 is 1.73 bits per heavy atom. The van der Waals surface area contributed by atoms with E-state index in [0.29, 0.717) is 11.3 Å². The van der Waals surface area contributed by atoms with Gasteiger partial charge in [0.1, 0.15) is 0 Å². The molecule has 1 heterocycles. The molecule has 2 aromatic carbocycles. The molecule has 1 amide bonds. The van der Waals surface area contributed by atoms with Crippen LogP contribution in [0.4, 0.5) is 11.4 Å². The standard InChI is InChI=1S/C24H29N3O5S/c1-17-5-12-21(33(30,31)26-19-6-7-19)15-22(17)24(29)32-16-23(28)25-18-8-10-20(11-9-18)27-13-3-2-4-14-27/h5,8-12,15,19,26H,2-4,6-7,13-14,16H2,1H3,(H,25,28). The van der Waals surface area contributed by atoms with Crippen LogP contribution in [0.1, 0.15) is 48.0 Å². The fourth-order valence-electron chi connectivity index (χ4n) is 3.79. The second-order valence-corrected chi connectivity index (χ2v) is 10.3. The van der Waals surface area contributed by atoms with Crippen molar-refractivity contribution in [2.45, 2.75) is 50.0 Å². The van der Waals surface area contributed by atoms with E-state index in [1.54, 1.807) is 13.0 Å². The molecule has 2 aliphatic rings. The van der Waals surface area contributed by atoms with Crippen LogP contribution in [0.2, 0.25) is 0 Å². The van der Waals surface area contributed by atoms with Crippen LogP contribution in [-0.4, -0.2) is 46.0 Å². The fraction of sp³-hybridized carbons (Fsp3) is 0.417. The molecular formula is C24H29N3O5S. The lowest BCUT2D eigenvalue weighted by Gasteiger charge is -2.28. The van der Waals surface area contributed by atoms with Crippen LogP contribution in [0.25, 0.3) is 0 Å². The smallest absolute Gasteiger partial charge is 0.338 e. The first kappa shape index (κ1) is 23.3. The number of aryl methyl sites for hydroxylation is 1. The number of ether oxygens (including phenoxy) is 1. The van der Waals surface area contributed by atoms with Crippen LogP contribution < -0.4 is 14.9 Å². The largest absolute Gasteiger partial charge is 0.452 e. The molecule has 2 fully saturated rings. The zero-order valence-electron chi connectivity index (χ0n) is 18.7. The van der Waals surface area contributed by atoms with Crippen LogP contribution in [0.15, 0.2) is 47.4 Å². The average Bonchev–Trinajstić information content (AvgIpc) is 3.62. The lowest BCUT2D eigenvalue weighted by atomic mass is 10.1. The molecular weight excluding hydrogens is 442 g/mol. The topological polar surface area (TPSA) is 105 Å². The Labute approximate surface area is 194 Å². The van der Waals surface area contributed by atoms with Gasteiger partial charge in [-0.15, -0.1) is 0 Å². The number of benzene rings is 2. The molecule has 1 saturated heterocycles. The summed E-state index contributed by atoms with van der Waals surface area (Å²) in [6.45, 7) is 3.30. The summed E-state index contributed by atoms with van der Waals surface area (Å²) >= 11 is 0. The Morgan fingerprint density at radius 3 is 2.39 bits per heavy atom. The maximum Gasteiger partial charge on any atom is 0.338 e. The van der Waals surface area contributed by atoms with Gasteiger partial charge < -0.3 is 15.0 Å². The Bertz CT molecular complexity index is 1120. The number of hydrogen-bond acceptors (Lipinski definition) is 6. The van der Waals surface area contributed by atoms with Crippen LogP contribution in [0, 0.1) is 6.92 Å². The molecule has 1 saturated carbocycles. The highest BCUT2D eigenvalue weighted by Gasteiger charge is 2.28. The third-order valence-electron chi connectivity index (χ3n) is 5.85. The van der Waals surface area contributed by atoms with Crippen LogP contribution in [-0.2, 0) is 19.6 Å². The van der Waals surface area contributed by atoms with Crippen molar-refractivity contribution in [2.75, 3.05) is 29.9 Å². The van der Waals surface area contributed by atoms with E-state index < -0.39 is 28.5 Å². The van der Waals surface area contributed by atoms with Gasteiger partial charge in [0.25, 0.3) is 5.91 Å². The van der Waals surface area contributed by atoms with Gasteiger partial charge in [-0.25, -0.2) is 17.9 Å². The maximum absolute atomic E-state index is 12.5. The van der Waals surface area contributed by atoms with Gasteiger partial charge in [-0.3, -0.25) is 4.79 Å². The summed E-state index contributed by atoms with van der Waals surface area (Å²) in [6.07, 6.45) is 5.27. The van der Waals surface area contributed by atoms with Gasteiger partial charge in [0.2, 0.25) is 10.0 Å². The molecule has 176 valence electrons. The third-order valence-corrected chi connectivity index (χ3v) is 7.36. The van der Waals surface area contributed by atoms with E-state index in [0.717, 1.165) is 31.6 Å². The second-order valence-electron chi connectivity index (χ2n) is 8.59. The Hall–Kier alpha value is -2.91. The number of carbonyl (C=O) groups excluding carboxylic acids is 2.